The van der Waals surface area contributed by atoms with Gasteiger partial charge in [0.25, 0.3) is 5.91 Å². The molecule has 190 valence electrons. The number of aromatic amines is 1. The molecule has 2 aromatic carbocycles. The van der Waals surface area contributed by atoms with Crippen LogP contribution in [0.4, 0.5) is 5.69 Å². The zero-order valence-corrected chi connectivity index (χ0v) is 21.6. The van der Waals surface area contributed by atoms with Gasteiger partial charge in [0.05, 0.1) is 11.7 Å². The molecular formula is C29H36N4O3. The summed E-state index contributed by atoms with van der Waals surface area (Å²) in [6.07, 6.45) is -0.221. The molecule has 1 saturated heterocycles. The summed E-state index contributed by atoms with van der Waals surface area (Å²) >= 11 is 0. The van der Waals surface area contributed by atoms with Gasteiger partial charge in [-0.2, -0.15) is 0 Å². The third-order valence-corrected chi connectivity index (χ3v) is 6.66. The molecule has 3 aromatic rings. The normalized spacial score (nSPS) is 14.2. The van der Waals surface area contributed by atoms with Crippen LogP contribution in [0.5, 0.6) is 0 Å². The molecule has 0 bridgehead atoms. The lowest BCUT2D eigenvalue weighted by molar-refractivity contribution is 0.0376. The first kappa shape index (κ1) is 25.5. The van der Waals surface area contributed by atoms with Crippen molar-refractivity contribution in [3.63, 3.8) is 0 Å². The number of amides is 1. The number of esters is 1. The Morgan fingerprint density at radius 2 is 1.58 bits per heavy atom. The van der Waals surface area contributed by atoms with Gasteiger partial charge in [-0.15, -0.1) is 0 Å². The van der Waals surface area contributed by atoms with Gasteiger partial charge in [-0.3, -0.25) is 9.69 Å². The van der Waals surface area contributed by atoms with Crippen LogP contribution in [-0.2, 0) is 17.8 Å². The third-order valence-electron chi connectivity index (χ3n) is 6.66. The Hall–Kier alpha value is -3.58. The number of ether oxygens (including phenoxy) is 1. The molecule has 0 spiro atoms. The summed E-state index contributed by atoms with van der Waals surface area (Å²) in [6.45, 7) is 12.4. The number of carbonyl (C=O) groups is 2. The Labute approximate surface area is 213 Å². The number of nitrogens with zero attached hydrogens (tertiary/aromatic N) is 2. The highest BCUT2D eigenvalue weighted by Gasteiger charge is 2.24. The number of rotatable bonds is 8. The summed E-state index contributed by atoms with van der Waals surface area (Å²) in [5.74, 6) is -0.640. The molecule has 7 nitrogen and oxygen atoms in total. The summed E-state index contributed by atoms with van der Waals surface area (Å²) < 4.78 is 5.34. The van der Waals surface area contributed by atoms with E-state index in [0.29, 0.717) is 29.1 Å². The molecule has 1 aliphatic heterocycles. The smallest absolute Gasteiger partial charge is 0.340 e. The Balaban J connectivity index is 1.37. The van der Waals surface area contributed by atoms with Crippen LogP contribution >= 0.6 is 0 Å². The molecule has 0 aliphatic carbocycles. The van der Waals surface area contributed by atoms with Crippen LogP contribution < -0.4 is 10.2 Å². The van der Waals surface area contributed by atoms with Crippen LogP contribution in [0.25, 0.3) is 0 Å². The number of H-pyrrole nitrogens is 1. The number of piperazine rings is 1. The highest BCUT2D eigenvalue weighted by Crippen LogP contribution is 2.21. The van der Waals surface area contributed by atoms with E-state index in [9.17, 15) is 9.59 Å². The molecule has 1 fully saturated rings. The maximum absolute atomic E-state index is 13.0. The zero-order valence-electron chi connectivity index (χ0n) is 21.6. The standard InChI is InChI=1S/C29H36N4O3/c1-20(2)36-29(35)26-21(3)27(31-22(26)4)28(34)30-18-23-10-8-9-11-24(23)19-32-14-16-33(17-15-32)25-12-6-5-7-13-25/h5-13,20,31H,14-19H2,1-4H3,(H,30,34). The second-order valence-electron chi connectivity index (χ2n) is 9.63. The van der Waals surface area contributed by atoms with Crippen molar-refractivity contribution in [3.05, 3.63) is 88.2 Å². The van der Waals surface area contributed by atoms with Crippen LogP contribution in [0.15, 0.2) is 54.6 Å². The van der Waals surface area contributed by atoms with Crippen molar-refractivity contribution in [2.24, 2.45) is 0 Å². The minimum atomic E-state index is -0.409. The van der Waals surface area contributed by atoms with E-state index in [0.717, 1.165) is 38.3 Å². The fourth-order valence-electron chi connectivity index (χ4n) is 4.75. The van der Waals surface area contributed by atoms with Crippen molar-refractivity contribution < 1.29 is 14.3 Å². The van der Waals surface area contributed by atoms with E-state index in [2.05, 4.69) is 56.5 Å². The molecule has 0 saturated carbocycles. The van der Waals surface area contributed by atoms with E-state index in [1.807, 2.05) is 32.0 Å². The van der Waals surface area contributed by atoms with E-state index in [1.54, 1.807) is 13.8 Å². The Morgan fingerprint density at radius 3 is 2.25 bits per heavy atom. The minimum absolute atomic E-state index is 0.221. The van der Waals surface area contributed by atoms with Gasteiger partial charge in [0, 0.05) is 50.6 Å². The summed E-state index contributed by atoms with van der Waals surface area (Å²) in [5, 5.41) is 3.03. The van der Waals surface area contributed by atoms with Gasteiger partial charge < -0.3 is 19.9 Å². The minimum Gasteiger partial charge on any atom is -0.459 e. The van der Waals surface area contributed by atoms with Crippen molar-refractivity contribution in [3.8, 4) is 0 Å². The molecule has 1 aromatic heterocycles. The first-order chi connectivity index (χ1) is 17.3. The first-order valence-electron chi connectivity index (χ1n) is 12.6. The number of benzene rings is 2. The predicted molar refractivity (Wildman–Crippen MR) is 142 cm³/mol. The third kappa shape index (κ3) is 5.97. The molecule has 2 heterocycles. The van der Waals surface area contributed by atoms with Gasteiger partial charge in [-0.05, 0) is 56.5 Å². The molecule has 2 N–H and O–H groups in total. The van der Waals surface area contributed by atoms with E-state index >= 15 is 0 Å². The van der Waals surface area contributed by atoms with E-state index in [-0.39, 0.29) is 12.0 Å². The summed E-state index contributed by atoms with van der Waals surface area (Å²) in [4.78, 5) is 33.4. The maximum Gasteiger partial charge on any atom is 0.340 e. The van der Waals surface area contributed by atoms with E-state index in [4.69, 9.17) is 4.74 Å². The van der Waals surface area contributed by atoms with Gasteiger partial charge in [0.15, 0.2) is 0 Å². The van der Waals surface area contributed by atoms with Gasteiger partial charge in [0.2, 0.25) is 0 Å². The molecule has 0 unspecified atom stereocenters. The Bertz CT molecular complexity index is 1190. The number of hydrogen-bond acceptors (Lipinski definition) is 5. The van der Waals surface area contributed by atoms with Gasteiger partial charge in [-0.1, -0.05) is 42.5 Å². The number of nitrogens with one attached hydrogen (secondary N) is 2. The second-order valence-corrected chi connectivity index (χ2v) is 9.63. The SMILES string of the molecule is Cc1[nH]c(C(=O)NCc2ccccc2CN2CCN(c3ccccc3)CC2)c(C)c1C(=O)OC(C)C. The number of anilines is 1. The molecular weight excluding hydrogens is 452 g/mol. The van der Waals surface area contributed by atoms with Crippen LogP contribution in [0.2, 0.25) is 0 Å². The first-order valence-corrected chi connectivity index (χ1v) is 12.6. The van der Waals surface area contributed by atoms with Crippen molar-refractivity contribution in [2.75, 3.05) is 31.1 Å². The van der Waals surface area contributed by atoms with Gasteiger partial charge >= 0.3 is 5.97 Å². The van der Waals surface area contributed by atoms with Crippen molar-refractivity contribution in [2.45, 2.75) is 46.9 Å². The fraction of sp³-hybridized carbons (Fsp3) is 0.379. The van der Waals surface area contributed by atoms with Gasteiger partial charge in [0.1, 0.15) is 5.69 Å². The maximum atomic E-state index is 13.0. The number of carbonyl (C=O) groups excluding carboxylic acids is 2. The molecule has 0 radical (unpaired) electrons. The lowest BCUT2D eigenvalue weighted by Gasteiger charge is -2.36. The van der Waals surface area contributed by atoms with Crippen molar-refractivity contribution >= 4 is 17.6 Å². The number of para-hydroxylation sites is 1. The zero-order chi connectivity index (χ0) is 25.7. The number of aryl methyl sites for hydroxylation is 1. The topological polar surface area (TPSA) is 77.7 Å². The molecule has 1 amide bonds. The predicted octanol–water partition coefficient (Wildman–Crippen LogP) is 4.45. The Kier molecular flexibility index (Phi) is 8.10. The fourth-order valence-corrected chi connectivity index (χ4v) is 4.75. The van der Waals surface area contributed by atoms with Crippen LogP contribution in [-0.4, -0.2) is 54.0 Å². The quantitative estimate of drug-likeness (QED) is 0.458. The molecule has 0 atom stereocenters. The van der Waals surface area contributed by atoms with Crippen LogP contribution in [0.1, 0.15) is 57.1 Å². The molecule has 1 aliphatic rings. The van der Waals surface area contributed by atoms with Crippen molar-refractivity contribution in [1.82, 2.24) is 15.2 Å². The molecule has 7 heteroatoms. The second kappa shape index (κ2) is 11.4. The van der Waals surface area contributed by atoms with Gasteiger partial charge in [-0.25, -0.2) is 4.79 Å². The number of aromatic nitrogens is 1. The number of hydrogen-bond donors (Lipinski definition) is 2. The Morgan fingerprint density at radius 1 is 0.944 bits per heavy atom. The lowest BCUT2D eigenvalue weighted by atomic mass is 10.1. The average molecular weight is 489 g/mol. The van der Waals surface area contributed by atoms with E-state index < -0.39 is 5.97 Å². The largest absolute Gasteiger partial charge is 0.459 e. The highest BCUT2D eigenvalue weighted by molar-refractivity contribution is 6.00. The van der Waals surface area contributed by atoms with Crippen LogP contribution in [0, 0.1) is 13.8 Å². The lowest BCUT2D eigenvalue weighted by Crippen LogP contribution is -2.46. The van der Waals surface area contributed by atoms with E-state index in [1.165, 1.54) is 11.3 Å². The summed E-state index contributed by atoms with van der Waals surface area (Å²) in [7, 11) is 0. The average Bonchev–Trinajstić information content (AvgIpc) is 3.17. The summed E-state index contributed by atoms with van der Waals surface area (Å²) in [5.41, 5.74) is 5.67. The van der Waals surface area contributed by atoms with Crippen LogP contribution in [0.3, 0.4) is 0 Å². The summed E-state index contributed by atoms with van der Waals surface area (Å²) in [6, 6.07) is 18.8. The molecule has 36 heavy (non-hydrogen) atoms. The highest BCUT2D eigenvalue weighted by atomic mass is 16.5. The monoisotopic (exact) mass is 488 g/mol. The van der Waals surface area contributed by atoms with Crippen molar-refractivity contribution in [1.29, 1.82) is 0 Å². The molecule has 4 rings (SSSR count).